The summed E-state index contributed by atoms with van der Waals surface area (Å²) in [5.41, 5.74) is 1.52. The van der Waals surface area contributed by atoms with Gasteiger partial charge in [0, 0.05) is 18.6 Å². The highest BCUT2D eigenvalue weighted by molar-refractivity contribution is 6.02. The number of carbonyl (C=O) groups excluding carboxylic acids is 2. The van der Waals surface area contributed by atoms with Gasteiger partial charge in [-0.3, -0.25) is 9.59 Å². The Morgan fingerprint density at radius 2 is 1.52 bits per heavy atom. The van der Waals surface area contributed by atoms with Crippen LogP contribution in [0.3, 0.4) is 0 Å². The Bertz CT molecular complexity index is 1040. The van der Waals surface area contributed by atoms with Gasteiger partial charge in [-0.05, 0) is 56.2 Å². The Balaban J connectivity index is 1.95. The molecule has 0 aromatic heterocycles. The normalized spacial score (nSPS) is 11.0. The van der Waals surface area contributed by atoms with E-state index in [-0.39, 0.29) is 30.5 Å². The molecule has 3 aromatic rings. The molecule has 2 amide bonds. The molecule has 0 unspecified atom stereocenters. The topological polar surface area (TPSA) is 58.6 Å². The molecule has 0 spiro atoms. The van der Waals surface area contributed by atoms with Crippen molar-refractivity contribution in [2.24, 2.45) is 0 Å². The van der Waals surface area contributed by atoms with Crippen molar-refractivity contribution < 1.29 is 14.3 Å². The van der Waals surface area contributed by atoms with Crippen molar-refractivity contribution >= 4 is 22.6 Å². The highest BCUT2D eigenvalue weighted by Gasteiger charge is 2.23. The zero-order chi connectivity index (χ0) is 22.4. The van der Waals surface area contributed by atoms with E-state index in [4.69, 9.17) is 4.74 Å². The fourth-order valence-electron chi connectivity index (χ4n) is 3.44. The van der Waals surface area contributed by atoms with Crippen LogP contribution in [-0.4, -0.2) is 35.4 Å². The molecule has 162 valence electrons. The first-order valence-corrected chi connectivity index (χ1v) is 10.6. The number of carbonyl (C=O) groups is 2. The van der Waals surface area contributed by atoms with Gasteiger partial charge < -0.3 is 15.0 Å². The van der Waals surface area contributed by atoms with Gasteiger partial charge in [0.15, 0.2) is 6.61 Å². The van der Waals surface area contributed by atoms with E-state index in [0.717, 1.165) is 16.3 Å². The molecule has 1 N–H and O–H groups in total. The molecule has 5 heteroatoms. The van der Waals surface area contributed by atoms with Crippen molar-refractivity contribution in [3.63, 3.8) is 0 Å². The third-order valence-corrected chi connectivity index (χ3v) is 4.97. The van der Waals surface area contributed by atoms with E-state index in [1.807, 2.05) is 99.3 Å². The Morgan fingerprint density at radius 3 is 2.13 bits per heavy atom. The van der Waals surface area contributed by atoms with Gasteiger partial charge in [-0.15, -0.1) is 0 Å². The molecule has 31 heavy (non-hydrogen) atoms. The van der Waals surface area contributed by atoms with Gasteiger partial charge in [0.2, 0.25) is 0 Å². The maximum absolute atomic E-state index is 13.6. The fraction of sp³-hybridized carbons (Fsp3) is 0.308. The second kappa shape index (κ2) is 10.1. The summed E-state index contributed by atoms with van der Waals surface area (Å²) < 4.78 is 5.85. The largest absolute Gasteiger partial charge is 0.483 e. The van der Waals surface area contributed by atoms with Crippen LogP contribution < -0.4 is 10.1 Å². The minimum Gasteiger partial charge on any atom is -0.483 e. The predicted molar refractivity (Wildman–Crippen MR) is 124 cm³/mol. The number of nitrogens with zero attached hydrogens (tertiary/aromatic N) is 1. The van der Waals surface area contributed by atoms with Crippen LogP contribution in [0.25, 0.3) is 10.8 Å². The molecule has 0 aliphatic heterocycles. The molecule has 0 saturated carbocycles. The Hall–Kier alpha value is -3.34. The van der Waals surface area contributed by atoms with Crippen molar-refractivity contribution in [2.75, 3.05) is 6.61 Å². The van der Waals surface area contributed by atoms with E-state index in [9.17, 15) is 9.59 Å². The van der Waals surface area contributed by atoms with Crippen molar-refractivity contribution in [1.82, 2.24) is 10.2 Å². The van der Waals surface area contributed by atoms with Crippen molar-refractivity contribution in [2.45, 2.75) is 46.3 Å². The van der Waals surface area contributed by atoms with Crippen LogP contribution in [-0.2, 0) is 11.3 Å². The van der Waals surface area contributed by atoms with Gasteiger partial charge >= 0.3 is 0 Å². The van der Waals surface area contributed by atoms with Crippen LogP contribution in [0.1, 0.15) is 43.6 Å². The zero-order valence-corrected chi connectivity index (χ0v) is 18.6. The van der Waals surface area contributed by atoms with Gasteiger partial charge in [0.25, 0.3) is 11.8 Å². The van der Waals surface area contributed by atoms with Crippen molar-refractivity contribution in [3.05, 3.63) is 77.9 Å². The summed E-state index contributed by atoms with van der Waals surface area (Å²) in [6.45, 7) is 8.14. The van der Waals surface area contributed by atoms with Gasteiger partial charge in [0.1, 0.15) is 5.75 Å². The maximum atomic E-state index is 13.6. The molecular formula is C26H30N2O3. The van der Waals surface area contributed by atoms with Gasteiger partial charge in [-0.2, -0.15) is 0 Å². The lowest BCUT2D eigenvalue weighted by molar-refractivity contribution is -0.123. The summed E-state index contributed by atoms with van der Waals surface area (Å²) in [6, 6.07) is 21.5. The quantitative estimate of drug-likeness (QED) is 0.572. The molecule has 0 heterocycles. The van der Waals surface area contributed by atoms with Crippen molar-refractivity contribution in [3.8, 4) is 5.75 Å². The average Bonchev–Trinajstić information content (AvgIpc) is 2.75. The summed E-state index contributed by atoms with van der Waals surface area (Å²) in [5.74, 6) is 0.0803. The summed E-state index contributed by atoms with van der Waals surface area (Å²) >= 11 is 0. The number of hydrogen-bond acceptors (Lipinski definition) is 3. The Labute approximate surface area is 184 Å². The predicted octanol–water partition coefficient (Wildman–Crippen LogP) is 4.79. The van der Waals surface area contributed by atoms with Crippen LogP contribution in [0, 0.1) is 0 Å². The molecule has 0 aliphatic carbocycles. The molecule has 0 atom stereocenters. The summed E-state index contributed by atoms with van der Waals surface area (Å²) in [7, 11) is 0. The Morgan fingerprint density at radius 1 is 0.903 bits per heavy atom. The number of hydrogen-bond donors (Lipinski definition) is 1. The molecule has 3 aromatic carbocycles. The highest BCUT2D eigenvalue weighted by atomic mass is 16.5. The van der Waals surface area contributed by atoms with E-state index in [2.05, 4.69) is 5.32 Å². The lowest BCUT2D eigenvalue weighted by Gasteiger charge is -2.28. The van der Waals surface area contributed by atoms with E-state index in [0.29, 0.717) is 17.9 Å². The molecule has 0 radical (unpaired) electrons. The molecule has 0 bridgehead atoms. The van der Waals surface area contributed by atoms with Crippen LogP contribution in [0.4, 0.5) is 0 Å². The Kier molecular flexibility index (Phi) is 7.29. The molecule has 0 aliphatic rings. The van der Waals surface area contributed by atoms with Crippen LogP contribution in [0.15, 0.2) is 66.7 Å². The average molecular weight is 419 g/mol. The number of benzene rings is 3. The minimum atomic E-state index is -0.216. The van der Waals surface area contributed by atoms with E-state index >= 15 is 0 Å². The number of rotatable bonds is 8. The van der Waals surface area contributed by atoms with Crippen LogP contribution >= 0.6 is 0 Å². The molecule has 5 nitrogen and oxygen atoms in total. The van der Waals surface area contributed by atoms with E-state index < -0.39 is 0 Å². The maximum Gasteiger partial charge on any atom is 0.258 e. The number of nitrogens with one attached hydrogen (secondary N) is 1. The fourth-order valence-corrected chi connectivity index (χ4v) is 3.44. The van der Waals surface area contributed by atoms with Gasteiger partial charge in [-0.25, -0.2) is 0 Å². The summed E-state index contributed by atoms with van der Waals surface area (Å²) in [4.78, 5) is 27.6. The highest BCUT2D eigenvalue weighted by Crippen LogP contribution is 2.28. The molecule has 3 rings (SSSR count). The smallest absolute Gasteiger partial charge is 0.258 e. The SMILES string of the molecule is CC(C)NC(=O)COc1cc2ccccc2cc1C(=O)N(Cc1ccccc1)C(C)C. The lowest BCUT2D eigenvalue weighted by atomic mass is 10.0. The lowest BCUT2D eigenvalue weighted by Crippen LogP contribution is -2.37. The summed E-state index contributed by atoms with van der Waals surface area (Å²) in [5, 5.41) is 4.72. The standard InChI is InChI=1S/C26H30N2O3/c1-18(2)27-25(29)17-31-24-15-22-13-9-8-12-21(22)14-23(24)26(30)28(19(3)4)16-20-10-6-5-7-11-20/h5-15,18-19H,16-17H2,1-4H3,(H,27,29). The molecule has 0 fully saturated rings. The first-order valence-electron chi connectivity index (χ1n) is 10.6. The third-order valence-electron chi connectivity index (χ3n) is 4.97. The monoisotopic (exact) mass is 418 g/mol. The number of fused-ring (bicyclic) bond motifs is 1. The van der Waals surface area contributed by atoms with Crippen molar-refractivity contribution in [1.29, 1.82) is 0 Å². The zero-order valence-electron chi connectivity index (χ0n) is 18.6. The van der Waals surface area contributed by atoms with Crippen LogP contribution in [0.5, 0.6) is 5.75 Å². The number of ether oxygens (including phenoxy) is 1. The minimum absolute atomic E-state index is 0.00346. The van der Waals surface area contributed by atoms with Gasteiger partial charge in [0.05, 0.1) is 5.56 Å². The second-order valence-corrected chi connectivity index (χ2v) is 8.22. The second-order valence-electron chi connectivity index (χ2n) is 8.22. The first-order chi connectivity index (χ1) is 14.8. The van der Waals surface area contributed by atoms with Crippen LogP contribution in [0.2, 0.25) is 0 Å². The summed E-state index contributed by atoms with van der Waals surface area (Å²) in [6.07, 6.45) is 0. The third kappa shape index (κ3) is 5.85. The first kappa shape index (κ1) is 22.3. The molecule has 0 saturated heterocycles. The van der Waals surface area contributed by atoms with Gasteiger partial charge in [-0.1, -0.05) is 54.6 Å². The van der Waals surface area contributed by atoms with E-state index in [1.165, 1.54) is 0 Å². The molecular weight excluding hydrogens is 388 g/mol. The number of amides is 2. The van der Waals surface area contributed by atoms with E-state index in [1.54, 1.807) is 0 Å².